The molecule has 21 heavy (non-hydrogen) atoms. The van der Waals surface area contributed by atoms with E-state index >= 15 is 0 Å². The molecule has 0 fully saturated rings. The predicted octanol–water partition coefficient (Wildman–Crippen LogP) is 3.06. The number of rotatable bonds is 3. The molecule has 0 bridgehead atoms. The van der Waals surface area contributed by atoms with Crippen LogP contribution in [-0.2, 0) is 0 Å². The summed E-state index contributed by atoms with van der Waals surface area (Å²) < 4.78 is 4.97. The van der Waals surface area contributed by atoms with Crippen LogP contribution < -0.4 is 5.32 Å². The molecule has 0 saturated carbocycles. The molecule has 0 spiro atoms. The number of aryl methyl sites for hydroxylation is 2. The van der Waals surface area contributed by atoms with Gasteiger partial charge in [0, 0.05) is 29.8 Å². The second kappa shape index (κ2) is 5.45. The first-order chi connectivity index (χ1) is 10.1. The van der Waals surface area contributed by atoms with Crippen molar-refractivity contribution in [3.8, 4) is 10.7 Å². The molecule has 0 radical (unpaired) electrons. The van der Waals surface area contributed by atoms with Crippen molar-refractivity contribution in [2.75, 3.05) is 5.32 Å². The summed E-state index contributed by atoms with van der Waals surface area (Å²) in [6.45, 7) is 3.67. The van der Waals surface area contributed by atoms with E-state index in [0.717, 1.165) is 15.4 Å². The zero-order valence-electron chi connectivity index (χ0n) is 11.5. The Bertz CT molecular complexity index is 779. The van der Waals surface area contributed by atoms with Crippen molar-refractivity contribution >= 4 is 22.9 Å². The van der Waals surface area contributed by atoms with Gasteiger partial charge in [-0.15, -0.1) is 11.3 Å². The lowest BCUT2D eigenvalue weighted by atomic mass is 10.2. The third kappa shape index (κ3) is 2.82. The molecule has 0 aliphatic carbocycles. The number of nitrogens with one attached hydrogen (secondary N) is 1. The fraction of sp³-hybridized carbons (Fsp3) is 0.143. The van der Waals surface area contributed by atoms with Crippen LogP contribution >= 0.6 is 11.3 Å². The van der Waals surface area contributed by atoms with Gasteiger partial charge >= 0.3 is 0 Å². The number of hydrogen-bond acceptors (Lipinski definition) is 6. The van der Waals surface area contributed by atoms with Crippen molar-refractivity contribution in [1.29, 1.82) is 0 Å². The van der Waals surface area contributed by atoms with Gasteiger partial charge in [0.05, 0.1) is 10.6 Å². The summed E-state index contributed by atoms with van der Waals surface area (Å²) >= 11 is 1.51. The summed E-state index contributed by atoms with van der Waals surface area (Å²) in [6.07, 6.45) is 3.17. The van der Waals surface area contributed by atoms with Crippen LogP contribution in [0.4, 0.5) is 5.69 Å². The lowest BCUT2D eigenvalue weighted by molar-refractivity contribution is 0.102. The number of aromatic nitrogens is 3. The van der Waals surface area contributed by atoms with Crippen molar-refractivity contribution in [3.63, 3.8) is 0 Å². The van der Waals surface area contributed by atoms with Crippen LogP contribution in [0.1, 0.15) is 21.1 Å². The van der Waals surface area contributed by atoms with Gasteiger partial charge in [0.15, 0.2) is 0 Å². The standard InChI is InChI=1S/C14H12N4O2S/c1-8-11(17-14(19)10-3-5-15-6-4-10)7-12(21-8)13-16-9(2)20-18-13/h3-7H,1-2H3,(H,17,19). The minimum absolute atomic E-state index is 0.172. The second-order valence-corrected chi connectivity index (χ2v) is 5.66. The smallest absolute Gasteiger partial charge is 0.255 e. The monoisotopic (exact) mass is 300 g/mol. The van der Waals surface area contributed by atoms with E-state index in [1.54, 1.807) is 31.5 Å². The number of hydrogen-bond donors (Lipinski definition) is 1. The summed E-state index contributed by atoms with van der Waals surface area (Å²) in [7, 11) is 0. The first-order valence-corrected chi connectivity index (χ1v) is 7.07. The Morgan fingerprint density at radius 3 is 2.71 bits per heavy atom. The van der Waals surface area contributed by atoms with Gasteiger partial charge in [-0.1, -0.05) is 5.16 Å². The highest BCUT2D eigenvalue weighted by Crippen LogP contribution is 2.32. The van der Waals surface area contributed by atoms with E-state index in [2.05, 4.69) is 20.4 Å². The molecule has 0 unspecified atom stereocenters. The topological polar surface area (TPSA) is 80.9 Å². The third-order valence-electron chi connectivity index (χ3n) is 2.86. The van der Waals surface area contributed by atoms with Crippen molar-refractivity contribution in [2.24, 2.45) is 0 Å². The molecular weight excluding hydrogens is 288 g/mol. The Balaban J connectivity index is 1.84. The fourth-order valence-corrected chi connectivity index (χ4v) is 2.71. The average Bonchev–Trinajstić information content (AvgIpc) is 3.07. The Hall–Kier alpha value is -2.54. The normalized spacial score (nSPS) is 10.6. The Kier molecular flexibility index (Phi) is 3.49. The highest BCUT2D eigenvalue weighted by molar-refractivity contribution is 7.16. The van der Waals surface area contributed by atoms with E-state index in [9.17, 15) is 4.79 Å². The molecule has 0 saturated heterocycles. The van der Waals surface area contributed by atoms with E-state index in [1.807, 2.05) is 13.0 Å². The lowest BCUT2D eigenvalue weighted by Gasteiger charge is -2.03. The molecule has 6 nitrogen and oxygen atoms in total. The number of nitrogens with zero attached hydrogens (tertiary/aromatic N) is 3. The molecule has 3 rings (SSSR count). The molecular formula is C14H12N4O2S. The van der Waals surface area contributed by atoms with Gasteiger partial charge in [-0.3, -0.25) is 9.78 Å². The van der Waals surface area contributed by atoms with E-state index in [0.29, 0.717) is 17.3 Å². The highest BCUT2D eigenvalue weighted by Gasteiger charge is 2.14. The molecule has 106 valence electrons. The summed E-state index contributed by atoms with van der Waals surface area (Å²) in [4.78, 5) is 22.0. The maximum Gasteiger partial charge on any atom is 0.255 e. The van der Waals surface area contributed by atoms with Gasteiger partial charge < -0.3 is 9.84 Å². The number of thiophene rings is 1. The lowest BCUT2D eigenvalue weighted by Crippen LogP contribution is -2.11. The summed E-state index contributed by atoms with van der Waals surface area (Å²) in [5.74, 6) is 0.873. The first-order valence-electron chi connectivity index (χ1n) is 6.26. The van der Waals surface area contributed by atoms with Gasteiger partial charge in [-0.05, 0) is 25.1 Å². The maximum absolute atomic E-state index is 12.1. The quantitative estimate of drug-likeness (QED) is 0.804. The van der Waals surface area contributed by atoms with Crippen LogP contribution in [0, 0.1) is 13.8 Å². The van der Waals surface area contributed by atoms with Crippen LogP contribution in [0.15, 0.2) is 35.1 Å². The minimum atomic E-state index is -0.172. The molecule has 3 aromatic rings. The highest BCUT2D eigenvalue weighted by atomic mass is 32.1. The number of pyridine rings is 1. The molecule has 3 aromatic heterocycles. The largest absolute Gasteiger partial charge is 0.339 e. The van der Waals surface area contributed by atoms with E-state index in [-0.39, 0.29) is 5.91 Å². The van der Waals surface area contributed by atoms with Gasteiger partial charge in [-0.2, -0.15) is 4.98 Å². The Labute approximate surface area is 124 Å². The van der Waals surface area contributed by atoms with Crippen LogP contribution in [0.25, 0.3) is 10.7 Å². The average molecular weight is 300 g/mol. The SMILES string of the molecule is Cc1nc(-c2cc(NC(=O)c3ccncc3)c(C)s2)no1. The van der Waals surface area contributed by atoms with Crippen molar-refractivity contribution in [3.05, 3.63) is 46.9 Å². The molecule has 0 aromatic carbocycles. The van der Waals surface area contributed by atoms with Gasteiger partial charge in [0.1, 0.15) is 0 Å². The molecule has 0 aliphatic rings. The Morgan fingerprint density at radius 1 is 1.29 bits per heavy atom. The molecule has 1 amide bonds. The number of carbonyl (C=O) groups is 1. The first kappa shape index (κ1) is 13.4. The van der Waals surface area contributed by atoms with Crippen LogP contribution in [0.5, 0.6) is 0 Å². The zero-order chi connectivity index (χ0) is 14.8. The van der Waals surface area contributed by atoms with E-state index in [4.69, 9.17) is 4.52 Å². The number of anilines is 1. The number of carbonyl (C=O) groups excluding carboxylic acids is 1. The van der Waals surface area contributed by atoms with Crippen molar-refractivity contribution in [1.82, 2.24) is 15.1 Å². The van der Waals surface area contributed by atoms with Gasteiger partial charge in [0.25, 0.3) is 5.91 Å². The van der Waals surface area contributed by atoms with E-state index < -0.39 is 0 Å². The second-order valence-electron chi connectivity index (χ2n) is 4.41. The van der Waals surface area contributed by atoms with E-state index in [1.165, 1.54) is 11.3 Å². The number of amides is 1. The fourth-order valence-electron chi connectivity index (χ4n) is 1.81. The Morgan fingerprint density at radius 2 is 2.05 bits per heavy atom. The zero-order valence-corrected chi connectivity index (χ0v) is 12.3. The molecule has 0 aliphatic heterocycles. The van der Waals surface area contributed by atoms with Crippen LogP contribution in [0.3, 0.4) is 0 Å². The molecule has 3 heterocycles. The van der Waals surface area contributed by atoms with Crippen LogP contribution in [0.2, 0.25) is 0 Å². The predicted molar refractivity (Wildman–Crippen MR) is 79.3 cm³/mol. The minimum Gasteiger partial charge on any atom is -0.339 e. The van der Waals surface area contributed by atoms with Gasteiger partial charge in [0.2, 0.25) is 11.7 Å². The maximum atomic E-state index is 12.1. The summed E-state index contributed by atoms with van der Waals surface area (Å²) in [6, 6.07) is 5.18. The summed E-state index contributed by atoms with van der Waals surface area (Å²) in [5.41, 5.74) is 1.31. The van der Waals surface area contributed by atoms with Crippen molar-refractivity contribution < 1.29 is 9.32 Å². The van der Waals surface area contributed by atoms with Gasteiger partial charge in [-0.25, -0.2) is 0 Å². The molecule has 7 heteroatoms. The van der Waals surface area contributed by atoms with Crippen LogP contribution in [-0.4, -0.2) is 21.0 Å². The van der Waals surface area contributed by atoms with Crippen molar-refractivity contribution in [2.45, 2.75) is 13.8 Å². The molecule has 0 atom stereocenters. The summed E-state index contributed by atoms with van der Waals surface area (Å²) in [5, 5.41) is 6.76. The molecule has 1 N–H and O–H groups in total. The third-order valence-corrected chi connectivity index (χ3v) is 3.90.